The van der Waals surface area contributed by atoms with Gasteiger partial charge in [-0.05, 0) is 63.1 Å². The van der Waals surface area contributed by atoms with E-state index in [1.54, 1.807) is 12.4 Å². The van der Waals surface area contributed by atoms with Crippen LogP contribution in [-0.2, 0) is 0 Å². The molecule has 5 rings (SSSR count). The molecule has 9 nitrogen and oxygen atoms in total. The molecule has 3 aromatic heterocycles. The predicted molar refractivity (Wildman–Crippen MR) is 138 cm³/mol. The summed E-state index contributed by atoms with van der Waals surface area (Å²) < 4.78 is 0. The second-order valence-electron chi connectivity index (χ2n) is 9.08. The summed E-state index contributed by atoms with van der Waals surface area (Å²) in [5.74, 6) is 2.90. The van der Waals surface area contributed by atoms with Gasteiger partial charge in [-0.3, -0.25) is 5.10 Å². The number of nitrogens with zero attached hydrogens (tertiary/aromatic N) is 6. The fourth-order valence-electron chi connectivity index (χ4n) is 4.50. The van der Waals surface area contributed by atoms with Crippen LogP contribution >= 0.6 is 11.8 Å². The summed E-state index contributed by atoms with van der Waals surface area (Å²) in [4.78, 5) is 20.5. The lowest BCUT2D eigenvalue weighted by Crippen LogP contribution is -2.46. The van der Waals surface area contributed by atoms with E-state index in [0.29, 0.717) is 5.92 Å². The van der Waals surface area contributed by atoms with Crippen molar-refractivity contribution in [3.63, 3.8) is 0 Å². The van der Waals surface area contributed by atoms with Crippen LogP contribution in [0, 0.1) is 5.92 Å². The number of benzene rings is 1. The van der Waals surface area contributed by atoms with E-state index in [9.17, 15) is 0 Å². The maximum Gasteiger partial charge on any atom is 0.225 e. The van der Waals surface area contributed by atoms with E-state index in [4.69, 9.17) is 4.98 Å². The van der Waals surface area contributed by atoms with E-state index >= 15 is 0 Å². The van der Waals surface area contributed by atoms with Gasteiger partial charge in [-0.15, -0.1) is 0 Å². The van der Waals surface area contributed by atoms with E-state index in [1.807, 2.05) is 36.7 Å². The number of aromatic nitrogens is 6. The van der Waals surface area contributed by atoms with Crippen molar-refractivity contribution < 1.29 is 0 Å². The van der Waals surface area contributed by atoms with E-state index < -0.39 is 0 Å². The summed E-state index contributed by atoms with van der Waals surface area (Å²) in [5, 5.41) is 16.0. The van der Waals surface area contributed by atoms with Crippen LogP contribution < -0.4 is 15.5 Å². The van der Waals surface area contributed by atoms with Crippen LogP contribution in [0.1, 0.15) is 26.7 Å². The molecule has 4 aromatic rings. The molecule has 176 valence electrons. The Bertz CT molecular complexity index is 1250. The lowest BCUT2D eigenvalue weighted by molar-refractivity contribution is 0.284. The Morgan fingerprint density at radius 2 is 1.82 bits per heavy atom. The van der Waals surface area contributed by atoms with Crippen LogP contribution in [0.4, 0.5) is 23.3 Å². The van der Waals surface area contributed by atoms with Crippen LogP contribution in [-0.4, -0.2) is 55.0 Å². The third kappa shape index (κ3) is 4.91. The van der Waals surface area contributed by atoms with Gasteiger partial charge in [-0.25, -0.2) is 19.9 Å². The lowest BCUT2D eigenvalue weighted by Gasteiger charge is -2.41. The highest BCUT2D eigenvalue weighted by Gasteiger charge is 2.33. The number of aromatic amines is 1. The maximum absolute atomic E-state index is 4.73. The molecule has 1 aliphatic heterocycles. The lowest BCUT2D eigenvalue weighted by atomic mass is 9.80. The van der Waals surface area contributed by atoms with Crippen molar-refractivity contribution in [1.82, 2.24) is 30.1 Å². The molecule has 0 bridgehead atoms. The Morgan fingerprint density at radius 3 is 2.59 bits per heavy atom. The van der Waals surface area contributed by atoms with Crippen LogP contribution in [0.5, 0.6) is 0 Å². The molecule has 0 aliphatic carbocycles. The van der Waals surface area contributed by atoms with Crippen LogP contribution in [0.15, 0.2) is 54.1 Å². The average Bonchev–Trinajstić information content (AvgIpc) is 3.32. The first kappa shape index (κ1) is 22.4. The third-order valence-corrected chi connectivity index (χ3v) is 6.95. The van der Waals surface area contributed by atoms with Gasteiger partial charge in [0, 0.05) is 48.2 Å². The Balaban J connectivity index is 1.29. The molecule has 0 spiro atoms. The molecule has 0 amide bonds. The minimum Gasteiger partial charge on any atom is -0.365 e. The van der Waals surface area contributed by atoms with Gasteiger partial charge < -0.3 is 15.5 Å². The quantitative estimate of drug-likeness (QED) is 0.258. The van der Waals surface area contributed by atoms with Gasteiger partial charge in [0.1, 0.15) is 11.6 Å². The second kappa shape index (κ2) is 9.46. The van der Waals surface area contributed by atoms with Crippen molar-refractivity contribution in [2.45, 2.75) is 37.4 Å². The fraction of sp³-hybridized carbons (Fsp3) is 0.375. The predicted octanol–water partition coefficient (Wildman–Crippen LogP) is 4.72. The summed E-state index contributed by atoms with van der Waals surface area (Å²) >= 11 is 1.53. The Labute approximate surface area is 203 Å². The SMILES string of the molecule is CSc1nc(Nc2ccc3[nH]ncc3c2)cc(NC(C)(C)C2CCN(c3ncccn3)CC2)n1. The minimum absolute atomic E-state index is 0.124. The highest BCUT2D eigenvalue weighted by Crippen LogP contribution is 2.33. The van der Waals surface area contributed by atoms with Crippen LogP contribution in [0.3, 0.4) is 0 Å². The van der Waals surface area contributed by atoms with Crippen molar-refractivity contribution >= 4 is 45.9 Å². The molecular weight excluding hydrogens is 446 g/mol. The number of nitrogens with one attached hydrogen (secondary N) is 3. The van der Waals surface area contributed by atoms with E-state index in [1.165, 1.54) is 11.8 Å². The molecule has 4 heterocycles. The summed E-state index contributed by atoms with van der Waals surface area (Å²) in [6.45, 7) is 6.41. The maximum atomic E-state index is 4.73. The molecule has 1 saturated heterocycles. The Morgan fingerprint density at radius 1 is 1.06 bits per heavy atom. The van der Waals surface area contributed by atoms with Gasteiger partial charge in [-0.1, -0.05) is 11.8 Å². The number of H-pyrrole nitrogens is 1. The number of fused-ring (bicyclic) bond motifs is 1. The summed E-state index contributed by atoms with van der Waals surface area (Å²) in [6.07, 6.45) is 9.54. The van der Waals surface area contributed by atoms with Crippen LogP contribution in [0.25, 0.3) is 10.9 Å². The molecule has 1 aliphatic rings. The highest BCUT2D eigenvalue weighted by molar-refractivity contribution is 7.98. The zero-order chi connectivity index (χ0) is 23.5. The Kier molecular flexibility index (Phi) is 6.23. The molecule has 1 fully saturated rings. The van der Waals surface area contributed by atoms with E-state index in [2.05, 4.69) is 60.6 Å². The molecule has 0 radical (unpaired) electrons. The first-order chi connectivity index (χ1) is 16.5. The monoisotopic (exact) mass is 475 g/mol. The summed E-state index contributed by atoms with van der Waals surface area (Å²) in [5.41, 5.74) is 1.84. The smallest absolute Gasteiger partial charge is 0.225 e. The molecule has 34 heavy (non-hydrogen) atoms. The van der Waals surface area contributed by atoms with Crippen molar-refractivity contribution in [3.8, 4) is 0 Å². The summed E-state index contributed by atoms with van der Waals surface area (Å²) in [6, 6.07) is 9.92. The van der Waals surface area contributed by atoms with Crippen molar-refractivity contribution in [3.05, 3.63) is 48.9 Å². The number of rotatable bonds is 7. The number of piperidine rings is 1. The van der Waals surface area contributed by atoms with Gasteiger partial charge in [0.25, 0.3) is 0 Å². The number of hydrogen-bond acceptors (Lipinski definition) is 9. The highest BCUT2D eigenvalue weighted by atomic mass is 32.2. The Hall–Kier alpha value is -3.40. The molecule has 1 aromatic carbocycles. The van der Waals surface area contributed by atoms with Gasteiger partial charge in [-0.2, -0.15) is 5.10 Å². The number of hydrogen-bond donors (Lipinski definition) is 3. The van der Waals surface area contributed by atoms with Crippen molar-refractivity contribution in [2.24, 2.45) is 5.92 Å². The van der Waals surface area contributed by atoms with E-state index in [-0.39, 0.29) is 5.54 Å². The summed E-state index contributed by atoms with van der Waals surface area (Å²) in [7, 11) is 0. The molecule has 10 heteroatoms. The van der Waals surface area contributed by atoms with Crippen LogP contribution in [0.2, 0.25) is 0 Å². The molecule has 3 N–H and O–H groups in total. The minimum atomic E-state index is -0.124. The zero-order valence-corrected chi connectivity index (χ0v) is 20.4. The van der Waals surface area contributed by atoms with Crippen molar-refractivity contribution in [2.75, 3.05) is 34.9 Å². The second-order valence-corrected chi connectivity index (χ2v) is 9.85. The van der Waals surface area contributed by atoms with Crippen molar-refractivity contribution in [1.29, 1.82) is 0 Å². The largest absolute Gasteiger partial charge is 0.365 e. The van der Waals surface area contributed by atoms with Gasteiger partial charge in [0.2, 0.25) is 5.95 Å². The first-order valence-corrected chi connectivity index (χ1v) is 12.7. The zero-order valence-electron chi connectivity index (χ0n) is 19.6. The third-order valence-electron chi connectivity index (χ3n) is 6.40. The molecule has 0 unspecified atom stereocenters. The standard InChI is InChI=1S/C24H29N9S/c1-24(2,17-7-11-33(12-8-17)22-25-9-4-10-26-22)31-21-14-20(29-23(30-21)34-3)28-18-5-6-19-16(13-18)15-27-32-19/h4-6,9-10,13-15,17H,7-8,11-12H2,1-3H3,(H,27,32)(H2,28,29,30,31). The normalized spacial score (nSPS) is 15.0. The topological polar surface area (TPSA) is 108 Å². The molecular formula is C24H29N9S. The van der Waals surface area contributed by atoms with Gasteiger partial charge >= 0.3 is 0 Å². The van der Waals surface area contributed by atoms with E-state index in [0.717, 1.165) is 65.3 Å². The van der Waals surface area contributed by atoms with Gasteiger partial charge in [0.15, 0.2) is 5.16 Å². The fourth-order valence-corrected chi connectivity index (χ4v) is 4.88. The molecule has 0 atom stereocenters. The number of anilines is 4. The average molecular weight is 476 g/mol. The number of thioether (sulfide) groups is 1. The molecule has 0 saturated carbocycles. The first-order valence-electron chi connectivity index (χ1n) is 11.4. The van der Waals surface area contributed by atoms with Gasteiger partial charge in [0.05, 0.1) is 11.7 Å².